The summed E-state index contributed by atoms with van der Waals surface area (Å²) in [5.74, 6) is -0.399. The summed E-state index contributed by atoms with van der Waals surface area (Å²) in [5, 5.41) is 20.6. The first kappa shape index (κ1) is 21.4. The van der Waals surface area contributed by atoms with E-state index in [9.17, 15) is 13.6 Å². The lowest BCUT2D eigenvalue weighted by atomic mass is 10.0. The highest BCUT2D eigenvalue weighted by atomic mass is 32.1. The molecule has 1 aromatic carbocycles. The molecule has 0 N–H and O–H groups in total. The molecule has 0 radical (unpaired) electrons. The maximum absolute atomic E-state index is 13.1. The van der Waals surface area contributed by atoms with Crippen LogP contribution in [-0.4, -0.2) is 45.1 Å². The quantitative estimate of drug-likeness (QED) is 0.538. The van der Waals surface area contributed by atoms with Gasteiger partial charge in [-0.05, 0) is 29.1 Å². The maximum Gasteiger partial charge on any atom is 0.387 e. The Labute approximate surface area is 185 Å². The number of nitriles is 1. The lowest BCUT2D eigenvalue weighted by molar-refractivity contribution is -0.133. The van der Waals surface area contributed by atoms with E-state index < -0.39 is 12.7 Å². The second-order valence-electron chi connectivity index (χ2n) is 6.65. The van der Waals surface area contributed by atoms with Crippen LogP contribution in [0.5, 0.6) is 11.5 Å². The first-order valence-corrected chi connectivity index (χ1v) is 10.2. The van der Waals surface area contributed by atoms with E-state index in [0.717, 1.165) is 10.6 Å². The molecule has 0 aliphatic carbocycles. The molecule has 1 amide bonds. The molecule has 1 atom stereocenters. The summed E-state index contributed by atoms with van der Waals surface area (Å²) < 4.78 is 36.3. The van der Waals surface area contributed by atoms with E-state index >= 15 is 0 Å². The molecule has 0 fully saturated rings. The standard InChI is InChI=1S/C20H16F2N6O3S/c1-30-16-7-12(4-5-15(16)31-20(21)22)14-8-13(17-3-2-6-32-17)25-28(14)19(29)10-27-11-24-18(9-23)26-27/h2-7,11,14,20H,8,10H2,1H3. The van der Waals surface area contributed by atoms with Crippen LogP contribution in [0.1, 0.15) is 28.7 Å². The number of carbonyl (C=O) groups excluding carboxylic acids is 1. The fraction of sp³-hybridized carbons (Fsp3) is 0.250. The van der Waals surface area contributed by atoms with Crippen LogP contribution in [0.25, 0.3) is 0 Å². The predicted octanol–water partition coefficient (Wildman–Crippen LogP) is 3.20. The third-order valence-corrected chi connectivity index (χ3v) is 5.61. The van der Waals surface area contributed by atoms with Crippen LogP contribution in [-0.2, 0) is 11.3 Å². The molecule has 2 aromatic heterocycles. The zero-order valence-electron chi connectivity index (χ0n) is 16.7. The number of aromatic nitrogens is 3. The van der Waals surface area contributed by atoms with Crippen molar-refractivity contribution in [2.75, 3.05) is 7.11 Å². The number of halogens is 2. The van der Waals surface area contributed by atoms with Crippen molar-refractivity contribution in [3.8, 4) is 17.6 Å². The minimum atomic E-state index is -2.99. The first-order chi connectivity index (χ1) is 15.5. The van der Waals surface area contributed by atoms with Crippen molar-refractivity contribution in [1.29, 1.82) is 5.26 Å². The SMILES string of the molecule is COc1cc(C2CC(c3cccs3)=NN2C(=O)Cn2cnc(C#N)n2)ccc1OC(F)F. The second kappa shape index (κ2) is 9.11. The van der Waals surface area contributed by atoms with Crippen LogP contribution in [0.2, 0.25) is 0 Å². The number of carbonyl (C=O) groups is 1. The third-order valence-electron chi connectivity index (χ3n) is 4.69. The molecule has 0 bridgehead atoms. The number of amides is 1. The number of methoxy groups -OCH3 is 1. The van der Waals surface area contributed by atoms with Gasteiger partial charge in [-0.25, -0.2) is 14.7 Å². The Kier molecular flexibility index (Phi) is 6.09. The average molecular weight is 458 g/mol. The van der Waals surface area contributed by atoms with Crippen molar-refractivity contribution in [2.45, 2.75) is 25.6 Å². The van der Waals surface area contributed by atoms with Gasteiger partial charge in [0.2, 0.25) is 0 Å². The van der Waals surface area contributed by atoms with Crippen molar-refractivity contribution >= 4 is 23.0 Å². The summed E-state index contributed by atoms with van der Waals surface area (Å²) in [6.07, 6.45) is 1.72. The van der Waals surface area contributed by atoms with E-state index in [-0.39, 0.29) is 29.8 Å². The molecule has 0 saturated heterocycles. The molecule has 32 heavy (non-hydrogen) atoms. The van der Waals surface area contributed by atoms with Gasteiger partial charge in [0.05, 0.1) is 23.7 Å². The van der Waals surface area contributed by atoms with Gasteiger partial charge in [0.1, 0.15) is 18.9 Å². The van der Waals surface area contributed by atoms with Gasteiger partial charge in [-0.1, -0.05) is 12.1 Å². The minimum absolute atomic E-state index is 0.0436. The summed E-state index contributed by atoms with van der Waals surface area (Å²) in [5.41, 5.74) is 1.37. The minimum Gasteiger partial charge on any atom is -0.493 e. The zero-order valence-corrected chi connectivity index (χ0v) is 17.5. The van der Waals surface area contributed by atoms with E-state index in [1.54, 1.807) is 12.1 Å². The van der Waals surface area contributed by atoms with Crippen molar-refractivity contribution in [2.24, 2.45) is 5.10 Å². The topological polar surface area (TPSA) is 106 Å². The van der Waals surface area contributed by atoms with Gasteiger partial charge in [-0.2, -0.15) is 19.1 Å². The zero-order chi connectivity index (χ0) is 22.7. The lowest BCUT2D eigenvalue weighted by Gasteiger charge is -2.23. The first-order valence-electron chi connectivity index (χ1n) is 9.34. The van der Waals surface area contributed by atoms with Crippen molar-refractivity contribution in [3.05, 3.63) is 58.3 Å². The molecule has 12 heteroatoms. The number of hydrogen-bond acceptors (Lipinski definition) is 8. The normalized spacial score (nSPS) is 15.5. The van der Waals surface area contributed by atoms with Crippen LogP contribution in [0, 0.1) is 11.3 Å². The predicted molar refractivity (Wildman–Crippen MR) is 109 cm³/mol. The summed E-state index contributed by atoms with van der Waals surface area (Å²) in [6, 6.07) is 9.64. The highest BCUT2D eigenvalue weighted by Gasteiger charge is 2.34. The van der Waals surface area contributed by atoms with Gasteiger partial charge in [0, 0.05) is 6.42 Å². The van der Waals surface area contributed by atoms with Crippen LogP contribution in [0.15, 0.2) is 47.1 Å². The van der Waals surface area contributed by atoms with Crippen molar-refractivity contribution in [3.63, 3.8) is 0 Å². The molecule has 3 heterocycles. The highest BCUT2D eigenvalue weighted by Crippen LogP contribution is 2.38. The number of hydrazone groups is 1. The molecule has 3 aromatic rings. The number of benzene rings is 1. The van der Waals surface area contributed by atoms with Gasteiger partial charge in [0.15, 0.2) is 11.5 Å². The van der Waals surface area contributed by atoms with Gasteiger partial charge < -0.3 is 9.47 Å². The van der Waals surface area contributed by atoms with Crippen LogP contribution < -0.4 is 9.47 Å². The maximum atomic E-state index is 13.1. The highest BCUT2D eigenvalue weighted by molar-refractivity contribution is 7.12. The monoisotopic (exact) mass is 458 g/mol. The number of alkyl halides is 2. The van der Waals surface area contributed by atoms with Crippen LogP contribution in [0.3, 0.4) is 0 Å². The molecule has 1 aliphatic heterocycles. The third kappa shape index (κ3) is 4.42. The molecular weight excluding hydrogens is 442 g/mol. The van der Waals surface area contributed by atoms with Crippen molar-refractivity contribution < 1.29 is 23.0 Å². The Bertz CT molecular complexity index is 1190. The van der Waals surface area contributed by atoms with E-state index in [1.807, 2.05) is 23.6 Å². The smallest absolute Gasteiger partial charge is 0.387 e. The second-order valence-corrected chi connectivity index (χ2v) is 7.60. The average Bonchev–Trinajstić information content (AvgIpc) is 3.53. The molecule has 1 aliphatic rings. The van der Waals surface area contributed by atoms with Crippen LogP contribution in [0.4, 0.5) is 8.78 Å². The number of nitrogens with zero attached hydrogens (tertiary/aromatic N) is 6. The van der Waals surface area contributed by atoms with Gasteiger partial charge in [-0.15, -0.1) is 16.4 Å². The fourth-order valence-electron chi connectivity index (χ4n) is 3.31. The molecule has 9 nitrogen and oxygen atoms in total. The summed E-state index contributed by atoms with van der Waals surface area (Å²) >= 11 is 1.50. The number of rotatable bonds is 7. The lowest BCUT2D eigenvalue weighted by Crippen LogP contribution is -2.30. The van der Waals surface area contributed by atoms with Gasteiger partial charge in [-0.3, -0.25) is 4.79 Å². The van der Waals surface area contributed by atoms with Gasteiger partial charge in [0.25, 0.3) is 11.7 Å². The summed E-state index contributed by atoms with van der Waals surface area (Å²) in [7, 11) is 1.35. The Morgan fingerprint density at radius 1 is 1.38 bits per heavy atom. The fourth-order valence-corrected chi connectivity index (χ4v) is 4.03. The van der Waals surface area contributed by atoms with E-state index in [4.69, 9.17) is 10.00 Å². The van der Waals surface area contributed by atoms with Crippen LogP contribution >= 0.6 is 11.3 Å². The Balaban J connectivity index is 1.64. The van der Waals surface area contributed by atoms with E-state index in [0.29, 0.717) is 12.0 Å². The summed E-state index contributed by atoms with van der Waals surface area (Å²) in [4.78, 5) is 17.8. The molecule has 0 spiro atoms. The summed E-state index contributed by atoms with van der Waals surface area (Å²) in [6.45, 7) is -3.16. The molecular formula is C20H16F2N6O3S. The largest absolute Gasteiger partial charge is 0.493 e. The van der Waals surface area contributed by atoms with Crippen molar-refractivity contribution in [1.82, 2.24) is 19.8 Å². The van der Waals surface area contributed by atoms with Gasteiger partial charge >= 0.3 is 6.61 Å². The Hall–Kier alpha value is -3.85. The van der Waals surface area contributed by atoms with E-state index in [1.165, 1.54) is 40.5 Å². The van der Waals surface area contributed by atoms with E-state index in [2.05, 4.69) is 19.9 Å². The molecule has 0 saturated carbocycles. The molecule has 164 valence electrons. The molecule has 1 unspecified atom stereocenters. The number of hydrogen-bond donors (Lipinski definition) is 0. The molecule has 4 rings (SSSR count). The number of ether oxygens (including phenoxy) is 2. The number of thiophene rings is 1. The Morgan fingerprint density at radius 2 is 2.22 bits per heavy atom. The Morgan fingerprint density at radius 3 is 2.88 bits per heavy atom.